The van der Waals surface area contributed by atoms with Crippen LogP contribution in [0, 0.1) is 0 Å². The van der Waals surface area contributed by atoms with Crippen molar-refractivity contribution in [1.29, 1.82) is 0 Å². The Hall–Kier alpha value is -2.30. The summed E-state index contributed by atoms with van der Waals surface area (Å²) in [6, 6.07) is 5.58. The minimum atomic E-state index is -0.251. The number of carbonyl (C=O) groups excluding carboxylic acids is 2. The number of ketones is 1. The minimum Gasteiger partial charge on any atom is -0.495 e. The molecule has 0 saturated carbocycles. The van der Waals surface area contributed by atoms with Gasteiger partial charge in [0.25, 0.3) is 0 Å². The maximum absolute atomic E-state index is 11.8. The summed E-state index contributed by atoms with van der Waals surface area (Å²) >= 11 is 0. The van der Waals surface area contributed by atoms with Crippen LogP contribution in [-0.2, 0) is 16.1 Å². The number of ether oxygens (including phenoxy) is 2. The Labute approximate surface area is 123 Å². The third-order valence-electron chi connectivity index (χ3n) is 3.32. The van der Waals surface area contributed by atoms with Crippen LogP contribution in [0.4, 0.5) is 0 Å². The van der Waals surface area contributed by atoms with Crippen LogP contribution in [-0.4, -0.2) is 30.0 Å². The van der Waals surface area contributed by atoms with Crippen molar-refractivity contribution in [3.05, 3.63) is 30.0 Å². The van der Waals surface area contributed by atoms with E-state index in [2.05, 4.69) is 0 Å². The van der Waals surface area contributed by atoms with Gasteiger partial charge in [0.2, 0.25) is 0 Å². The maximum atomic E-state index is 11.8. The molecule has 0 bridgehead atoms. The topological polar surface area (TPSA) is 57.5 Å². The number of methoxy groups -OCH3 is 1. The SMILES string of the molecule is CCOC(=O)CCn1cc(C(C)=O)c2cccc(OC)c21. The Bertz CT molecular complexity index is 672. The molecule has 1 heterocycles. The number of benzene rings is 1. The Kier molecular flexibility index (Phi) is 4.62. The number of esters is 1. The van der Waals surface area contributed by atoms with Gasteiger partial charge in [0.15, 0.2) is 5.78 Å². The van der Waals surface area contributed by atoms with Gasteiger partial charge in [-0.3, -0.25) is 9.59 Å². The third kappa shape index (κ3) is 3.07. The normalized spacial score (nSPS) is 10.6. The van der Waals surface area contributed by atoms with Crippen LogP contribution in [0.25, 0.3) is 10.9 Å². The molecule has 0 aliphatic rings. The number of carbonyl (C=O) groups is 2. The highest BCUT2D eigenvalue weighted by atomic mass is 16.5. The van der Waals surface area contributed by atoms with Gasteiger partial charge < -0.3 is 14.0 Å². The standard InChI is InChI=1S/C16H19NO4/c1-4-21-15(19)8-9-17-10-13(11(2)18)12-6-5-7-14(20-3)16(12)17/h5-7,10H,4,8-9H2,1-3H3. The molecule has 0 radical (unpaired) electrons. The Balaban J connectivity index is 2.42. The highest BCUT2D eigenvalue weighted by molar-refractivity contribution is 6.08. The number of Topliss-reactive ketones (excluding diaryl/α,β-unsaturated/α-hetero) is 1. The monoisotopic (exact) mass is 289 g/mol. The van der Waals surface area contributed by atoms with Gasteiger partial charge in [-0.1, -0.05) is 12.1 Å². The predicted molar refractivity (Wildman–Crippen MR) is 79.7 cm³/mol. The van der Waals surface area contributed by atoms with Gasteiger partial charge in [0.05, 0.1) is 25.7 Å². The third-order valence-corrected chi connectivity index (χ3v) is 3.32. The van der Waals surface area contributed by atoms with Gasteiger partial charge in [-0.05, 0) is 19.9 Å². The Morgan fingerprint density at radius 2 is 2.05 bits per heavy atom. The minimum absolute atomic E-state index is 0.0110. The molecule has 21 heavy (non-hydrogen) atoms. The molecule has 0 spiro atoms. The molecule has 0 N–H and O–H groups in total. The highest BCUT2D eigenvalue weighted by Crippen LogP contribution is 2.30. The first-order valence-corrected chi connectivity index (χ1v) is 6.90. The number of aromatic nitrogens is 1. The van der Waals surface area contributed by atoms with E-state index in [1.807, 2.05) is 22.8 Å². The van der Waals surface area contributed by atoms with Gasteiger partial charge in [0, 0.05) is 23.7 Å². The van der Waals surface area contributed by atoms with Crippen molar-refractivity contribution in [1.82, 2.24) is 4.57 Å². The van der Waals surface area contributed by atoms with Crippen LogP contribution < -0.4 is 4.74 Å². The van der Waals surface area contributed by atoms with Crippen LogP contribution in [0.5, 0.6) is 5.75 Å². The second-order valence-electron chi connectivity index (χ2n) is 4.70. The second kappa shape index (κ2) is 6.43. The second-order valence-corrected chi connectivity index (χ2v) is 4.70. The quantitative estimate of drug-likeness (QED) is 0.606. The van der Waals surface area contributed by atoms with E-state index in [1.165, 1.54) is 6.92 Å². The van der Waals surface area contributed by atoms with Crippen molar-refractivity contribution >= 4 is 22.7 Å². The lowest BCUT2D eigenvalue weighted by Crippen LogP contribution is -2.08. The highest BCUT2D eigenvalue weighted by Gasteiger charge is 2.16. The number of hydrogen-bond donors (Lipinski definition) is 0. The van der Waals surface area contributed by atoms with E-state index in [4.69, 9.17) is 9.47 Å². The molecule has 0 fully saturated rings. The molecule has 5 heteroatoms. The maximum Gasteiger partial charge on any atom is 0.307 e. The van der Waals surface area contributed by atoms with Crippen molar-refractivity contribution in [3.63, 3.8) is 0 Å². The fourth-order valence-corrected chi connectivity index (χ4v) is 2.39. The van der Waals surface area contributed by atoms with E-state index >= 15 is 0 Å². The number of nitrogens with zero attached hydrogens (tertiary/aromatic N) is 1. The molecule has 2 aromatic rings. The van der Waals surface area contributed by atoms with Crippen LogP contribution >= 0.6 is 0 Å². The number of para-hydroxylation sites is 1. The summed E-state index contributed by atoms with van der Waals surface area (Å²) in [5.41, 5.74) is 1.46. The zero-order valence-corrected chi connectivity index (χ0v) is 12.5. The van der Waals surface area contributed by atoms with Crippen LogP contribution in [0.1, 0.15) is 30.6 Å². The van der Waals surface area contributed by atoms with Gasteiger partial charge in [-0.25, -0.2) is 0 Å². The summed E-state index contributed by atoms with van der Waals surface area (Å²) < 4.78 is 12.2. The average Bonchev–Trinajstić information content (AvgIpc) is 2.84. The van der Waals surface area contributed by atoms with Gasteiger partial charge in [-0.2, -0.15) is 0 Å². The van der Waals surface area contributed by atoms with Gasteiger partial charge in [0.1, 0.15) is 5.75 Å². The summed E-state index contributed by atoms with van der Waals surface area (Å²) in [7, 11) is 1.59. The number of aryl methyl sites for hydroxylation is 1. The van der Waals surface area contributed by atoms with E-state index in [0.29, 0.717) is 24.5 Å². The molecule has 0 atom stereocenters. The summed E-state index contributed by atoms with van der Waals surface area (Å²) in [6.45, 7) is 4.13. The van der Waals surface area contributed by atoms with Crippen LogP contribution in [0.2, 0.25) is 0 Å². The van der Waals surface area contributed by atoms with Crippen LogP contribution in [0.15, 0.2) is 24.4 Å². The fourth-order valence-electron chi connectivity index (χ4n) is 2.39. The molecule has 1 aromatic heterocycles. The fraction of sp³-hybridized carbons (Fsp3) is 0.375. The average molecular weight is 289 g/mol. The first-order valence-electron chi connectivity index (χ1n) is 6.90. The molecule has 5 nitrogen and oxygen atoms in total. The zero-order chi connectivity index (χ0) is 15.4. The lowest BCUT2D eigenvalue weighted by Gasteiger charge is -2.08. The molecular formula is C16H19NO4. The van der Waals surface area contributed by atoms with E-state index in [9.17, 15) is 9.59 Å². The molecule has 0 unspecified atom stereocenters. The number of fused-ring (bicyclic) bond motifs is 1. The van der Waals surface area contributed by atoms with E-state index in [-0.39, 0.29) is 18.2 Å². The molecule has 112 valence electrons. The lowest BCUT2D eigenvalue weighted by molar-refractivity contribution is -0.143. The number of rotatable bonds is 6. The molecule has 0 saturated heterocycles. The summed E-state index contributed by atoms with van der Waals surface area (Å²) in [5, 5.41) is 0.839. The van der Waals surface area contributed by atoms with Crippen molar-refractivity contribution in [2.24, 2.45) is 0 Å². The van der Waals surface area contributed by atoms with Crippen molar-refractivity contribution < 1.29 is 19.1 Å². The first kappa shape index (κ1) is 15.1. The largest absolute Gasteiger partial charge is 0.495 e. The summed E-state index contributed by atoms with van der Waals surface area (Å²) in [6.07, 6.45) is 2.03. The van der Waals surface area contributed by atoms with Gasteiger partial charge >= 0.3 is 5.97 Å². The molecule has 0 aliphatic heterocycles. The lowest BCUT2D eigenvalue weighted by atomic mass is 10.1. The molecule has 0 aliphatic carbocycles. The molecule has 0 amide bonds. The Morgan fingerprint density at radius 1 is 1.29 bits per heavy atom. The van der Waals surface area contributed by atoms with Crippen molar-refractivity contribution in [3.8, 4) is 5.75 Å². The number of hydrogen-bond acceptors (Lipinski definition) is 4. The van der Waals surface area contributed by atoms with E-state index in [0.717, 1.165) is 10.9 Å². The van der Waals surface area contributed by atoms with E-state index in [1.54, 1.807) is 20.2 Å². The van der Waals surface area contributed by atoms with Crippen molar-refractivity contribution in [2.45, 2.75) is 26.8 Å². The molecular weight excluding hydrogens is 270 g/mol. The van der Waals surface area contributed by atoms with Gasteiger partial charge in [-0.15, -0.1) is 0 Å². The summed E-state index contributed by atoms with van der Waals surface area (Å²) in [4.78, 5) is 23.3. The summed E-state index contributed by atoms with van der Waals surface area (Å²) in [5.74, 6) is 0.422. The predicted octanol–water partition coefficient (Wildman–Crippen LogP) is 2.81. The Morgan fingerprint density at radius 3 is 2.67 bits per heavy atom. The first-order chi connectivity index (χ1) is 10.1. The van der Waals surface area contributed by atoms with E-state index < -0.39 is 0 Å². The smallest absolute Gasteiger partial charge is 0.307 e. The zero-order valence-electron chi connectivity index (χ0n) is 12.5. The van der Waals surface area contributed by atoms with Crippen LogP contribution in [0.3, 0.4) is 0 Å². The molecule has 2 rings (SSSR count). The molecule has 1 aromatic carbocycles. The van der Waals surface area contributed by atoms with Crippen molar-refractivity contribution in [2.75, 3.05) is 13.7 Å².